The van der Waals surface area contributed by atoms with Crippen LogP contribution in [0, 0.1) is 12.7 Å². The van der Waals surface area contributed by atoms with Crippen LogP contribution in [0.1, 0.15) is 5.69 Å². The molecule has 0 saturated carbocycles. The van der Waals surface area contributed by atoms with Gasteiger partial charge in [0.1, 0.15) is 11.6 Å². The van der Waals surface area contributed by atoms with Gasteiger partial charge in [0.15, 0.2) is 6.61 Å². The first-order valence-electron chi connectivity index (χ1n) is 7.40. The number of ether oxygens (including phenoxy) is 1. The van der Waals surface area contributed by atoms with Crippen LogP contribution in [0.5, 0.6) is 5.75 Å². The first kappa shape index (κ1) is 15.7. The molecule has 3 rings (SSSR count). The molecule has 0 aliphatic heterocycles. The van der Waals surface area contributed by atoms with Crippen molar-refractivity contribution in [3.8, 4) is 17.0 Å². The third kappa shape index (κ3) is 3.78. The van der Waals surface area contributed by atoms with Crippen molar-refractivity contribution in [1.82, 2.24) is 9.97 Å². The lowest BCUT2D eigenvalue weighted by Gasteiger charge is -2.08. The van der Waals surface area contributed by atoms with Gasteiger partial charge < -0.3 is 15.0 Å². The highest BCUT2D eigenvalue weighted by Crippen LogP contribution is 2.21. The van der Waals surface area contributed by atoms with Crippen LogP contribution in [0.15, 0.2) is 54.9 Å². The highest BCUT2D eigenvalue weighted by molar-refractivity contribution is 5.92. The third-order valence-corrected chi connectivity index (χ3v) is 3.44. The Balaban J connectivity index is 1.57. The zero-order valence-electron chi connectivity index (χ0n) is 13.0. The van der Waals surface area contributed by atoms with Gasteiger partial charge in [-0.25, -0.2) is 9.37 Å². The molecule has 2 N–H and O–H groups in total. The molecule has 0 atom stereocenters. The fourth-order valence-electron chi connectivity index (χ4n) is 2.26. The Kier molecular flexibility index (Phi) is 4.56. The zero-order chi connectivity index (χ0) is 16.9. The van der Waals surface area contributed by atoms with Crippen molar-refractivity contribution in [2.45, 2.75) is 6.92 Å². The molecule has 0 saturated heterocycles. The van der Waals surface area contributed by atoms with Gasteiger partial charge in [0.25, 0.3) is 5.91 Å². The number of nitrogens with zero attached hydrogens (tertiary/aromatic N) is 1. The topological polar surface area (TPSA) is 67.0 Å². The molecule has 2 aromatic carbocycles. The molecule has 3 aromatic rings. The van der Waals surface area contributed by atoms with Gasteiger partial charge in [-0.05, 0) is 31.2 Å². The molecule has 0 radical (unpaired) electrons. The minimum Gasteiger partial charge on any atom is -0.484 e. The number of nitrogens with one attached hydrogen (secondary N) is 2. The average molecular weight is 325 g/mol. The SMILES string of the molecule is Cc1[nH]cnc1-c1ccc(NC(=O)COc2cccc(F)c2)cc1. The van der Waals surface area contributed by atoms with E-state index >= 15 is 0 Å². The lowest BCUT2D eigenvalue weighted by atomic mass is 10.1. The Bertz CT molecular complexity index is 843. The number of H-pyrrole nitrogens is 1. The highest BCUT2D eigenvalue weighted by atomic mass is 19.1. The summed E-state index contributed by atoms with van der Waals surface area (Å²) in [5, 5.41) is 2.73. The van der Waals surface area contributed by atoms with Crippen molar-refractivity contribution in [3.05, 3.63) is 66.4 Å². The molecule has 0 spiro atoms. The maximum atomic E-state index is 13.0. The van der Waals surface area contributed by atoms with Crippen LogP contribution in [0.4, 0.5) is 10.1 Å². The van der Waals surface area contributed by atoms with Crippen molar-refractivity contribution < 1.29 is 13.9 Å². The van der Waals surface area contributed by atoms with Crippen LogP contribution in [0.25, 0.3) is 11.3 Å². The molecule has 0 unspecified atom stereocenters. The van der Waals surface area contributed by atoms with E-state index in [0.717, 1.165) is 17.0 Å². The summed E-state index contributed by atoms with van der Waals surface area (Å²) in [6, 6.07) is 13.0. The molecule has 6 heteroatoms. The lowest BCUT2D eigenvalue weighted by Crippen LogP contribution is -2.20. The number of carbonyl (C=O) groups is 1. The van der Waals surface area contributed by atoms with E-state index < -0.39 is 5.82 Å². The van der Waals surface area contributed by atoms with Crippen molar-refractivity contribution in [1.29, 1.82) is 0 Å². The number of carbonyl (C=O) groups excluding carboxylic acids is 1. The highest BCUT2D eigenvalue weighted by Gasteiger charge is 2.07. The van der Waals surface area contributed by atoms with Gasteiger partial charge in [0.2, 0.25) is 0 Å². The molecule has 1 aromatic heterocycles. The van der Waals surface area contributed by atoms with E-state index in [9.17, 15) is 9.18 Å². The minimum absolute atomic E-state index is 0.191. The second-order valence-corrected chi connectivity index (χ2v) is 5.25. The summed E-state index contributed by atoms with van der Waals surface area (Å²) in [4.78, 5) is 19.2. The normalized spacial score (nSPS) is 10.4. The van der Waals surface area contributed by atoms with Crippen molar-refractivity contribution in [3.63, 3.8) is 0 Å². The van der Waals surface area contributed by atoms with Gasteiger partial charge in [-0.15, -0.1) is 0 Å². The van der Waals surface area contributed by atoms with Gasteiger partial charge >= 0.3 is 0 Å². The van der Waals surface area contributed by atoms with E-state index in [1.165, 1.54) is 18.2 Å². The number of rotatable bonds is 5. The standard InChI is InChI=1S/C18H16FN3O2/c1-12-18(21-11-20-12)13-5-7-15(8-6-13)22-17(23)10-24-16-4-2-3-14(19)9-16/h2-9,11H,10H2,1H3,(H,20,21)(H,22,23). The van der Waals surface area contributed by atoms with E-state index in [1.807, 2.05) is 19.1 Å². The number of aromatic nitrogens is 2. The number of anilines is 1. The van der Waals surface area contributed by atoms with Crippen LogP contribution in [-0.4, -0.2) is 22.5 Å². The maximum absolute atomic E-state index is 13.0. The van der Waals surface area contributed by atoms with Gasteiger partial charge in [0, 0.05) is 23.0 Å². The van der Waals surface area contributed by atoms with E-state index in [0.29, 0.717) is 11.4 Å². The molecule has 5 nitrogen and oxygen atoms in total. The van der Waals surface area contributed by atoms with E-state index in [1.54, 1.807) is 24.5 Å². The molecule has 0 fully saturated rings. The zero-order valence-corrected chi connectivity index (χ0v) is 13.0. The monoisotopic (exact) mass is 325 g/mol. The van der Waals surface area contributed by atoms with E-state index in [4.69, 9.17) is 4.74 Å². The van der Waals surface area contributed by atoms with Gasteiger partial charge in [-0.2, -0.15) is 0 Å². The van der Waals surface area contributed by atoms with Crippen LogP contribution in [0.2, 0.25) is 0 Å². The summed E-state index contributed by atoms with van der Waals surface area (Å²) in [5.74, 6) is -0.408. The first-order chi connectivity index (χ1) is 11.6. The number of aryl methyl sites for hydroxylation is 1. The van der Waals surface area contributed by atoms with Crippen molar-refractivity contribution in [2.24, 2.45) is 0 Å². The van der Waals surface area contributed by atoms with Gasteiger partial charge in [-0.1, -0.05) is 18.2 Å². The summed E-state index contributed by atoms with van der Waals surface area (Å²) >= 11 is 0. The second kappa shape index (κ2) is 6.95. The molecular formula is C18H16FN3O2. The van der Waals surface area contributed by atoms with Crippen LogP contribution in [0.3, 0.4) is 0 Å². The Hall–Kier alpha value is -3.15. The summed E-state index contributed by atoms with van der Waals surface area (Å²) in [5.41, 5.74) is 3.47. The number of amides is 1. The number of benzene rings is 2. The number of hydrogen-bond acceptors (Lipinski definition) is 3. The second-order valence-electron chi connectivity index (χ2n) is 5.25. The lowest BCUT2D eigenvalue weighted by molar-refractivity contribution is -0.118. The van der Waals surface area contributed by atoms with E-state index in [2.05, 4.69) is 15.3 Å². The predicted octanol–water partition coefficient (Wildman–Crippen LogP) is 3.54. The number of halogens is 1. The Morgan fingerprint density at radius 1 is 1.25 bits per heavy atom. The van der Waals surface area contributed by atoms with Gasteiger partial charge in [0.05, 0.1) is 12.0 Å². The van der Waals surface area contributed by atoms with Crippen molar-refractivity contribution in [2.75, 3.05) is 11.9 Å². The average Bonchev–Trinajstić information content (AvgIpc) is 3.00. The molecule has 0 aliphatic carbocycles. The van der Waals surface area contributed by atoms with E-state index in [-0.39, 0.29) is 12.5 Å². The molecule has 0 bridgehead atoms. The smallest absolute Gasteiger partial charge is 0.262 e. The number of imidazole rings is 1. The molecule has 24 heavy (non-hydrogen) atoms. The third-order valence-electron chi connectivity index (χ3n) is 3.44. The van der Waals surface area contributed by atoms with Crippen LogP contribution in [-0.2, 0) is 4.79 Å². The Morgan fingerprint density at radius 2 is 2.04 bits per heavy atom. The Labute approximate surface area is 138 Å². The summed E-state index contributed by atoms with van der Waals surface area (Å²) in [6.07, 6.45) is 1.64. The van der Waals surface area contributed by atoms with Crippen molar-refractivity contribution >= 4 is 11.6 Å². The number of aromatic amines is 1. The number of hydrogen-bond donors (Lipinski definition) is 2. The minimum atomic E-state index is -0.405. The maximum Gasteiger partial charge on any atom is 0.262 e. The fraction of sp³-hybridized carbons (Fsp3) is 0.111. The summed E-state index contributed by atoms with van der Waals surface area (Å²) in [7, 11) is 0. The van der Waals surface area contributed by atoms with Crippen LogP contribution >= 0.6 is 0 Å². The molecular weight excluding hydrogens is 309 g/mol. The summed E-state index contributed by atoms with van der Waals surface area (Å²) < 4.78 is 18.3. The molecule has 1 heterocycles. The quantitative estimate of drug-likeness (QED) is 0.754. The predicted molar refractivity (Wildman–Crippen MR) is 89.3 cm³/mol. The summed E-state index contributed by atoms with van der Waals surface area (Å²) in [6.45, 7) is 1.76. The molecule has 1 amide bonds. The largest absolute Gasteiger partial charge is 0.484 e. The molecule has 122 valence electrons. The fourth-order valence-corrected chi connectivity index (χ4v) is 2.26. The molecule has 0 aliphatic rings. The van der Waals surface area contributed by atoms with Crippen LogP contribution < -0.4 is 10.1 Å². The van der Waals surface area contributed by atoms with Gasteiger partial charge in [-0.3, -0.25) is 4.79 Å². The first-order valence-corrected chi connectivity index (χ1v) is 7.40. The Morgan fingerprint density at radius 3 is 2.71 bits per heavy atom.